The third-order valence-corrected chi connectivity index (χ3v) is 2.07. The van der Waals surface area contributed by atoms with Crippen LogP contribution in [0.3, 0.4) is 0 Å². The molecule has 0 spiro atoms. The minimum absolute atomic E-state index is 0.152. The highest BCUT2D eigenvalue weighted by Gasteiger charge is 2.06. The fourth-order valence-corrected chi connectivity index (χ4v) is 1.14. The number of rotatable bonds is 2. The summed E-state index contributed by atoms with van der Waals surface area (Å²) in [6.07, 6.45) is 0. The topological polar surface area (TPSA) is 32.3 Å². The van der Waals surface area contributed by atoms with E-state index in [2.05, 4.69) is 0 Å². The molecular weight excluding hydrogens is 157 g/mol. The zero-order chi connectivity index (χ0) is 9.14. The average Bonchev–Trinajstić information content (AvgIpc) is 2.06. The monoisotopic (exact) mass is 169 g/mol. The Morgan fingerprint density at radius 2 is 2.08 bits per heavy atom. The molecule has 0 atom stereocenters. The molecule has 0 aliphatic rings. The van der Waals surface area contributed by atoms with Gasteiger partial charge in [-0.2, -0.15) is 0 Å². The van der Waals surface area contributed by atoms with Gasteiger partial charge in [0.25, 0.3) is 0 Å². The highest BCUT2D eigenvalue weighted by atomic mass is 19.1. The van der Waals surface area contributed by atoms with E-state index in [1.54, 1.807) is 6.07 Å². The van der Waals surface area contributed by atoms with Crippen molar-refractivity contribution < 1.29 is 9.60 Å². The van der Waals surface area contributed by atoms with E-state index in [1.165, 1.54) is 6.07 Å². The second-order valence-corrected chi connectivity index (χ2v) is 2.80. The Hall–Kier alpha value is -0.930. The summed E-state index contributed by atoms with van der Waals surface area (Å²) in [7, 11) is 0. The highest BCUT2D eigenvalue weighted by molar-refractivity contribution is 5.34. The van der Waals surface area contributed by atoms with Crippen LogP contribution in [-0.4, -0.2) is 5.21 Å². The Kier molecular flexibility index (Phi) is 2.78. The van der Waals surface area contributed by atoms with Crippen LogP contribution in [0.25, 0.3) is 0 Å². The fourth-order valence-electron chi connectivity index (χ4n) is 1.14. The molecule has 0 saturated heterocycles. The van der Waals surface area contributed by atoms with Gasteiger partial charge in [0.15, 0.2) is 0 Å². The maximum absolute atomic E-state index is 13.1. The van der Waals surface area contributed by atoms with Crippen LogP contribution in [0.5, 0.6) is 0 Å². The molecule has 0 fully saturated rings. The lowest BCUT2D eigenvalue weighted by Gasteiger charge is -2.08. The highest BCUT2D eigenvalue weighted by Crippen LogP contribution is 2.16. The molecule has 0 radical (unpaired) electrons. The van der Waals surface area contributed by atoms with Crippen LogP contribution in [-0.2, 0) is 6.54 Å². The Balaban J connectivity index is 3.14. The smallest absolute Gasteiger partial charge is 0.128 e. The lowest BCUT2D eigenvalue weighted by atomic mass is 10.0. The molecule has 1 aromatic rings. The molecule has 2 N–H and O–H groups in total. The molecule has 0 heterocycles. The summed E-state index contributed by atoms with van der Waals surface area (Å²) >= 11 is 0. The van der Waals surface area contributed by atoms with Crippen molar-refractivity contribution in [2.75, 3.05) is 0 Å². The lowest BCUT2D eigenvalue weighted by molar-refractivity contribution is 0.159. The SMILES string of the molecule is Cc1ccc(F)c(CNO)c1C. The lowest BCUT2D eigenvalue weighted by Crippen LogP contribution is -2.10. The summed E-state index contributed by atoms with van der Waals surface area (Å²) in [5.74, 6) is -0.278. The van der Waals surface area contributed by atoms with Crippen LogP contribution < -0.4 is 5.48 Å². The van der Waals surface area contributed by atoms with Crippen LogP contribution in [0, 0.1) is 19.7 Å². The van der Waals surface area contributed by atoms with Gasteiger partial charge in [0.05, 0.1) is 0 Å². The van der Waals surface area contributed by atoms with E-state index in [9.17, 15) is 4.39 Å². The summed E-state index contributed by atoms with van der Waals surface area (Å²) < 4.78 is 13.1. The van der Waals surface area contributed by atoms with E-state index < -0.39 is 0 Å². The number of hydrogen-bond acceptors (Lipinski definition) is 2. The van der Waals surface area contributed by atoms with Gasteiger partial charge in [-0.15, -0.1) is 0 Å². The van der Waals surface area contributed by atoms with E-state index in [0.29, 0.717) is 5.56 Å². The first-order valence-electron chi connectivity index (χ1n) is 3.78. The van der Waals surface area contributed by atoms with Crippen LogP contribution in [0.2, 0.25) is 0 Å². The van der Waals surface area contributed by atoms with Gasteiger partial charge in [-0.05, 0) is 31.0 Å². The van der Waals surface area contributed by atoms with Gasteiger partial charge in [-0.3, -0.25) is 0 Å². The Bertz CT molecular complexity index is 286. The standard InChI is InChI=1S/C9H12FNO/c1-6-3-4-9(10)8(5-11-12)7(6)2/h3-4,11-12H,5H2,1-2H3. The molecular formula is C9H12FNO. The van der Waals surface area contributed by atoms with E-state index >= 15 is 0 Å². The second kappa shape index (κ2) is 3.65. The zero-order valence-corrected chi connectivity index (χ0v) is 7.19. The van der Waals surface area contributed by atoms with Gasteiger partial charge in [0, 0.05) is 12.1 Å². The number of halogens is 1. The third kappa shape index (κ3) is 1.62. The second-order valence-electron chi connectivity index (χ2n) is 2.80. The van der Waals surface area contributed by atoms with Crippen LogP contribution in [0.4, 0.5) is 4.39 Å². The van der Waals surface area contributed by atoms with Gasteiger partial charge in [0.1, 0.15) is 5.82 Å². The molecule has 0 saturated carbocycles. The normalized spacial score (nSPS) is 10.3. The minimum Gasteiger partial charge on any atom is -0.316 e. The predicted octanol–water partition coefficient (Wildman–Crippen LogP) is 1.92. The van der Waals surface area contributed by atoms with E-state index in [1.807, 2.05) is 19.3 Å². The predicted molar refractivity (Wildman–Crippen MR) is 44.5 cm³/mol. The van der Waals surface area contributed by atoms with Crippen molar-refractivity contribution in [3.63, 3.8) is 0 Å². The molecule has 1 aromatic carbocycles. The first kappa shape index (κ1) is 9.16. The van der Waals surface area contributed by atoms with E-state index in [0.717, 1.165) is 11.1 Å². The molecule has 0 amide bonds. The van der Waals surface area contributed by atoms with Gasteiger partial charge >= 0.3 is 0 Å². The van der Waals surface area contributed by atoms with Crippen LogP contribution >= 0.6 is 0 Å². The Morgan fingerprint density at radius 1 is 1.42 bits per heavy atom. The maximum Gasteiger partial charge on any atom is 0.128 e. The molecule has 2 nitrogen and oxygen atoms in total. The molecule has 0 unspecified atom stereocenters. The molecule has 66 valence electrons. The first-order valence-corrected chi connectivity index (χ1v) is 3.78. The van der Waals surface area contributed by atoms with Gasteiger partial charge in [-0.1, -0.05) is 6.07 Å². The fraction of sp³-hybridized carbons (Fsp3) is 0.333. The zero-order valence-electron chi connectivity index (χ0n) is 7.19. The molecule has 3 heteroatoms. The van der Waals surface area contributed by atoms with Gasteiger partial charge in [-0.25, -0.2) is 9.87 Å². The number of aryl methyl sites for hydroxylation is 1. The summed E-state index contributed by atoms with van der Waals surface area (Å²) in [6.45, 7) is 3.90. The van der Waals surface area contributed by atoms with Gasteiger partial charge < -0.3 is 5.21 Å². The van der Waals surface area contributed by atoms with Crippen molar-refractivity contribution in [1.82, 2.24) is 5.48 Å². The van der Waals surface area contributed by atoms with Crippen molar-refractivity contribution in [2.45, 2.75) is 20.4 Å². The summed E-state index contributed by atoms with van der Waals surface area (Å²) in [5.41, 5.74) is 4.39. The van der Waals surface area contributed by atoms with Crippen LogP contribution in [0.15, 0.2) is 12.1 Å². The molecule has 0 aliphatic heterocycles. The van der Waals surface area contributed by atoms with Crippen molar-refractivity contribution in [3.8, 4) is 0 Å². The van der Waals surface area contributed by atoms with Crippen LogP contribution in [0.1, 0.15) is 16.7 Å². The molecule has 0 aromatic heterocycles. The number of benzene rings is 1. The molecule has 1 rings (SSSR count). The van der Waals surface area contributed by atoms with E-state index in [-0.39, 0.29) is 12.4 Å². The molecule has 0 bridgehead atoms. The molecule has 0 aliphatic carbocycles. The first-order chi connectivity index (χ1) is 5.66. The van der Waals surface area contributed by atoms with Gasteiger partial charge in [0.2, 0.25) is 0 Å². The average molecular weight is 169 g/mol. The largest absolute Gasteiger partial charge is 0.316 e. The Morgan fingerprint density at radius 3 is 2.67 bits per heavy atom. The number of hydroxylamine groups is 1. The Labute approximate surface area is 71.0 Å². The minimum atomic E-state index is -0.278. The summed E-state index contributed by atoms with van der Waals surface area (Å²) in [6, 6.07) is 3.14. The summed E-state index contributed by atoms with van der Waals surface area (Å²) in [4.78, 5) is 0. The van der Waals surface area contributed by atoms with Crippen molar-refractivity contribution >= 4 is 0 Å². The number of hydrogen-bond donors (Lipinski definition) is 2. The van der Waals surface area contributed by atoms with Crippen molar-refractivity contribution in [1.29, 1.82) is 0 Å². The van der Waals surface area contributed by atoms with E-state index in [4.69, 9.17) is 5.21 Å². The van der Waals surface area contributed by atoms with Crippen molar-refractivity contribution in [2.24, 2.45) is 0 Å². The maximum atomic E-state index is 13.1. The molecule has 12 heavy (non-hydrogen) atoms. The van der Waals surface area contributed by atoms with Crippen molar-refractivity contribution in [3.05, 3.63) is 34.6 Å². The third-order valence-electron chi connectivity index (χ3n) is 2.07. The quantitative estimate of drug-likeness (QED) is 0.663. The number of nitrogens with one attached hydrogen (secondary N) is 1. The summed E-state index contributed by atoms with van der Waals surface area (Å²) in [5, 5.41) is 8.44.